The van der Waals surface area contributed by atoms with Crippen molar-refractivity contribution in [2.45, 2.75) is 37.9 Å². The summed E-state index contributed by atoms with van der Waals surface area (Å²) in [5.41, 5.74) is -0.0279. The fourth-order valence-electron chi connectivity index (χ4n) is 5.45. The molecule has 2 heterocycles. The number of hydrogen-bond acceptors (Lipinski definition) is 6. The van der Waals surface area contributed by atoms with Gasteiger partial charge in [0.15, 0.2) is 5.69 Å². The number of piperazine rings is 1. The van der Waals surface area contributed by atoms with E-state index in [-0.39, 0.29) is 24.2 Å². The molecular formula is C28H31ClFN5O4. The van der Waals surface area contributed by atoms with Gasteiger partial charge >= 0.3 is 0 Å². The van der Waals surface area contributed by atoms with Gasteiger partial charge in [-0.2, -0.15) is 9.78 Å². The average Bonchev–Trinajstić information content (AvgIpc) is 2.96. The second-order valence-electron chi connectivity index (χ2n) is 9.90. The number of ether oxygens (including phenoxy) is 1. The molecule has 1 N–H and O–H groups in total. The van der Waals surface area contributed by atoms with Crippen LogP contribution in [-0.2, 0) is 4.79 Å². The minimum atomic E-state index is -0.806. The molecule has 2 aliphatic rings. The molecule has 3 aromatic rings. The van der Waals surface area contributed by atoms with Gasteiger partial charge in [0, 0.05) is 37.6 Å². The van der Waals surface area contributed by atoms with Crippen molar-refractivity contribution in [2.75, 3.05) is 39.8 Å². The van der Waals surface area contributed by atoms with Crippen molar-refractivity contribution < 1.29 is 18.7 Å². The van der Waals surface area contributed by atoms with E-state index in [0.717, 1.165) is 23.9 Å². The van der Waals surface area contributed by atoms with Gasteiger partial charge in [-0.1, -0.05) is 42.6 Å². The Bertz CT molecular complexity index is 1440. The Balaban J connectivity index is 1.30. The fraction of sp³-hybridized carbons (Fsp3) is 0.429. The van der Waals surface area contributed by atoms with Gasteiger partial charge < -0.3 is 15.0 Å². The lowest BCUT2D eigenvalue weighted by Gasteiger charge is -2.42. The number of halogens is 2. The number of aromatic nitrogens is 2. The molecule has 0 unspecified atom stereocenters. The normalized spacial score (nSPS) is 20.1. The Morgan fingerprint density at radius 1 is 1.08 bits per heavy atom. The van der Waals surface area contributed by atoms with Crippen molar-refractivity contribution in [3.63, 3.8) is 0 Å². The molecule has 1 saturated carbocycles. The minimum absolute atomic E-state index is 0.0149. The maximum Gasteiger partial charge on any atom is 0.279 e. The molecule has 0 spiro atoms. The van der Waals surface area contributed by atoms with Crippen molar-refractivity contribution in [2.24, 2.45) is 0 Å². The lowest BCUT2D eigenvalue weighted by molar-refractivity contribution is -0.132. The molecule has 2 aromatic carbocycles. The number of nitrogens with zero attached hydrogens (tertiary/aromatic N) is 4. The summed E-state index contributed by atoms with van der Waals surface area (Å²) < 4.78 is 20.7. The molecule has 2 fully saturated rings. The number of methoxy groups -OCH3 is 1. The maximum absolute atomic E-state index is 14.4. The van der Waals surface area contributed by atoms with Crippen molar-refractivity contribution in [3.05, 3.63) is 63.5 Å². The standard InChI is InChI=1S/C28H31ClFN5O4/c1-39-24-11-10-18(16-21(24)29)35-28(38)20-7-3-2-6-19(20)26(32-35)27(37)31-17-25(36)34-14-12-33(13-15-34)23-9-5-4-8-22(23)30/h2-3,6-7,10-11,16,22-23H,4-5,8-9,12-15,17H2,1H3,(H,31,37)/t22-,23+/m0/s1. The predicted molar refractivity (Wildman–Crippen MR) is 147 cm³/mol. The van der Waals surface area contributed by atoms with E-state index in [2.05, 4.69) is 15.3 Å². The van der Waals surface area contributed by atoms with Gasteiger partial charge in [0.05, 0.1) is 29.8 Å². The Morgan fingerprint density at radius 2 is 1.79 bits per heavy atom. The highest BCUT2D eigenvalue weighted by Crippen LogP contribution is 2.27. The number of alkyl halides is 1. The molecule has 206 valence electrons. The summed E-state index contributed by atoms with van der Waals surface area (Å²) in [5, 5.41) is 8.00. The number of amides is 2. The van der Waals surface area contributed by atoms with Gasteiger partial charge in [-0.25, -0.2) is 4.39 Å². The van der Waals surface area contributed by atoms with Crippen molar-refractivity contribution >= 4 is 34.2 Å². The first-order valence-corrected chi connectivity index (χ1v) is 13.5. The quantitative estimate of drug-likeness (QED) is 0.502. The zero-order chi connectivity index (χ0) is 27.5. The molecule has 39 heavy (non-hydrogen) atoms. The molecular weight excluding hydrogens is 525 g/mol. The summed E-state index contributed by atoms with van der Waals surface area (Å²) in [5.74, 6) is -0.355. The maximum atomic E-state index is 14.4. The lowest BCUT2D eigenvalue weighted by Crippen LogP contribution is -2.56. The average molecular weight is 556 g/mol. The molecule has 1 saturated heterocycles. The second-order valence-corrected chi connectivity index (χ2v) is 10.3. The first kappa shape index (κ1) is 27.1. The first-order chi connectivity index (χ1) is 18.9. The molecule has 1 aliphatic carbocycles. The SMILES string of the molecule is COc1ccc(-n2nc(C(=O)NCC(=O)N3CCN([C@@H]4CCCC[C@@H]4F)CC3)c3ccccc3c2=O)cc1Cl. The number of carbonyl (C=O) groups excluding carboxylic acids is 2. The summed E-state index contributed by atoms with van der Waals surface area (Å²) in [6, 6.07) is 11.4. The van der Waals surface area contributed by atoms with Crippen molar-refractivity contribution in [1.29, 1.82) is 0 Å². The van der Waals surface area contributed by atoms with Crippen molar-refractivity contribution in [1.82, 2.24) is 24.9 Å². The highest BCUT2D eigenvalue weighted by Gasteiger charge is 2.33. The van der Waals surface area contributed by atoms with Gasteiger partial charge in [-0.15, -0.1) is 0 Å². The summed E-state index contributed by atoms with van der Waals surface area (Å²) in [6.07, 6.45) is 2.64. The largest absolute Gasteiger partial charge is 0.495 e. The Kier molecular flexibility index (Phi) is 8.13. The van der Waals surface area contributed by atoms with Crippen LogP contribution in [0.3, 0.4) is 0 Å². The van der Waals surface area contributed by atoms with E-state index >= 15 is 0 Å². The zero-order valence-electron chi connectivity index (χ0n) is 21.7. The fourth-order valence-corrected chi connectivity index (χ4v) is 5.70. The Hall–Kier alpha value is -3.50. The van der Waals surface area contributed by atoms with E-state index in [1.807, 2.05) is 0 Å². The molecule has 2 amide bonds. The van der Waals surface area contributed by atoms with Gasteiger partial charge in [-0.05, 0) is 37.1 Å². The Labute approximate surface area is 230 Å². The van der Waals surface area contributed by atoms with Crippen LogP contribution in [0.1, 0.15) is 36.2 Å². The van der Waals surface area contributed by atoms with Crippen LogP contribution >= 0.6 is 11.6 Å². The molecule has 2 atom stereocenters. The number of carbonyl (C=O) groups is 2. The molecule has 5 rings (SSSR count). The minimum Gasteiger partial charge on any atom is -0.495 e. The molecule has 0 bridgehead atoms. The van der Waals surface area contributed by atoms with Crippen molar-refractivity contribution in [3.8, 4) is 11.4 Å². The second kappa shape index (κ2) is 11.7. The lowest BCUT2D eigenvalue weighted by atomic mass is 9.92. The molecule has 1 aliphatic heterocycles. The van der Waals surface area contributed by atoms with Crippen LogP contribution in [0.4, 0.5) is 4.39 Å². The third-order valence-electron chi connectivity index (χ3n) is 7.58. The number of hydrogen-bond donors (Lipinski definition) is 1. The van der Waals surface area contributed by atoms with E-state index < -0.39 is 17.6 Å². The van der Waals surface area contributed by atoms with Crippen LogP contribution in [0.15, 0.2) is 47.3 Å². The molecule has 0 radical (unpaired) electrons. The summed E-state index contributed by atoms with van der Waals surface area (Å²) in [4.78, 5) is 43.2. The first-order valence-electron chi connectivity index (χ1n) is 13.2. The van der Waals surface area contributed by atoms with Crippen LogP contribution < -0.4 is 15.6 Å². The summed E-state index contributed by atoms with van der Waals surface area (Å²) in [6.45, 7) is 2.00. The van der Waals surface area contributed by atoms with E-state index in [0.29, 0.717) is 59.8 Å². The third kappa shape index (κ3) is 5.62. The van der Waals surface area contributed by atoms with Gasteiger partial charge in [0.2, 0.25) is 5.91 Å². The third-order valence-corrected chi connectivity index (χ3v) is 7.88. The van der Waals surface area contributed by atoms with Crippen LogP contribution in [0, 0.1) is 0 Å². The number of rotatable bonds is 6. The van der Waals surface area contributed by atoms with Crippen LogP contribution in [0.5, 0.6) is 5.75 Å². The zero-order valence-corrected chi connectivity index (χ0v) is 22.5. The van der Waals surface area contributed by atoms with E-state index in [9.17, 15) is 18.8 Å². The smallest absolute Gasteiger partial charge is 0.279 e. The van der Waals surface area contributed by atoms with Gasteiger partial charge in [0.25, 0.3) is 11.5 Å². The van der Waals surface area contributed by atoms with Crippen LogP contribution in [-0.4, -0.2) is 83.4 Å². The highest BCUT2D eigenvalue weighted by molar-refractivity contribution is 6.32. The molecule has 11 heteroatoms. The molecule has 1 aromatic heterocycles. The van der Waals surface area contributed by atoms with E-state index in [1.54, 1.807) is 41.3 Å². The number of nitrogens with one attached hydrogen (secondary N) is 1. The van der Waals surface area contributed by atoms with Crippen LogP contribution in [0.2, 0.25) is 5.02 Å². The predicted octanol–water partition coefficient (Wildman–Crippen LogP) is 3.20. The van der Waals surface area contributed by atoms with Gasteiger partial charge in [-0.3, -0.25) is 19.3 Å². The number of fused-ring (bicyclic) bond motifs is 1. The Morgan fingerprint density at radius 3 is 2.49 bits per heavy atom. The van der Waals surface area contributed by atoms with E-state index in [4.69, 9.17) is 16.3 Å². The molecule has 9 nitrogen and oxygen atoms in total. The van der Waals surface area contributed by atoms with E-state index in [1.165, 1.54) is 13.2 Å². The summed E-state index contributed by atoms with van der Waals surface area (Å²) in [7, 11) is 1.49. The monoisotopic (exact) mass is 555 g/mol. The number of benzene rings is 2. The highest BCUT2D eigenvalue weighted by atomic mass is 35.5. The van der Waals surface area contributed by atoms with Crippen LogP contribution in [0.25, 0.3) is 16.5 Å². The topological polar surface area (TPSA) is 96.8 Å². The van der Waals surface area contributed by atoms with Gasteiger partial charge in [0.1, 0.15) is 11.9 Å². The summed E-state index contributed by atoms with van der Waals surface area (Å²) >= 11 is 6.26.